The summed E-state index contributed by atoms with van der Waals surface area (Å²) < 4.78 is 1.63. The zero-order valence-electron chi connectivity index (χ0n) is 10.4. The van der Waals surface area contributed by atoms with Crippen molar-refractivity contribution in [3.05, 3.63) is 16.4 Å². The van der Waals surface area contributed by atoms with Crippen molar-refractivity contribution in [2.45, 2.75) is 39.2 Å². The van der Waals surface area contributed by atoms with Crippen molar-refractivity contribution in [2.75, 3.05) is 5.73 Å². The van der Waals surface area contributed by atoms with Crippen LogP contribution >= 0.6 is 0 Å². The van der Waals surface area contributed by atoms with Crippen LogP contribution < -0.4 is 11.3 Å². The molecule has 2 aromatic heterocycles. The lowest BCUT2D eigenvalue weighted by atomic mass is 10.2. The van der Waals surface area contributed by atoms with Crippen molar-refractivity contribution >= 4 is 16.7 Å². The number of nitrogen functional groups attached to an aromatic ring is 1. The summed E-state index contributed by atoms with van der Waals surface area (Å²) in [4.78, 5) is 14.0. The van der Waals surface area contributed by atoms with E-state index in [-0.39, 0.29) is 5.88 Å². The van der Waals surface area contributed by atoms with Gasteiger partial charge in [0.25, 0.3) is 5.56 Å². The van der Waals surface area contributed by atoms with Gasteiger partial charge in [0.15, 0.2) is 5.88 Å². The second-order valence-electron chi connectivity index (χ2n) is 4.41. The van der Waals surface area contributed by atoms with E-state index in [4.69, 9.17) is 5.73 Å². The monoisotopic (exact) mass is 250 g/mol. The van der Waals surface area contributed by atoms with E-state index in [0.717, 1.165) is 12.8 Å². The molecule has 18 heavy (non-hydrogen) atoms. The number of aryl methyl sites for hydroxylation is 1. The number of nitrogens with two attached hydrogens (primary N) is 1. The fourth-order valence-electron chi connectivity index (χ4n) is 2.03. The third-order valence-corrected chi connectivity index (χ3v) is 2.98. The predicted molar refractivity (Wildman–Crippen MR) is 70.6 cm³/mol. The highest BCUT2D eigenvalue weighted by Crippen LogP contribution is 2.19. The van der Waals surface area contributed by atoms with Gasteiger partial charge in [-0.05, 0) is 6.42 Å². The molecule has 0 saturated heterocycles. The molecule has 0 saturated carbocycles. The number of hydrogen-bond donors (Lipinski definition) is 3. The summed E-state index contributed by atoms with van der Waals surface area (Å²) in [7, 11) is 0. The second kappa shape index (κ2) is 5.12. The number of unbranched alkanes of at least 4 members (excludes halogenated alkanes) is 3. The standard InChI is InChI=1S/C12H18N4O2/c1-2-3-4-5-6-16-11(13)10-8(15-16)7-9(17)14-12(10)18/h7,17H,2-6,13H2,1H3,(H,14,18). The minimum absolute atomic E-state index is 0.192. The predicted octanol–water partition coefficient (Wildman–Crippen LogP) is 1.59. The fraction of sp³-hybridized carbons (Fsp3) is 0.500. The molecule has 4 N–H and O–H groups in total. The van der Waals surface area contributed by atoms with Crippen LogP contribution in [0.3, 0.4) is 0 Å². The van der Waals surface area contributed by atoms with Crippen LogP contribution in [0, 0.1) is 0 Å². The lowest BCUT2D eigenvalue weighted by Crippen LogP contribution is -2.08. The van der Waals surface area contributed by atoms with Crippen molar-refractivity contribution in [1.82, 2.24) is 14.8 Å². The zero-order chi connectivity index (χ0) is 13.1. The fourth-order valence-corrected chi connectivity index (χ4v) is 2.03. The van der Waals surface area contributed by atoms with E-state index in [2.05, 4.69) is 17.0 Å². The molecular weight excluding hydrogens is 232 g/mol. The third kappa shape index (κ3) is 2.32. The summed E-state index contributed by atoms with van der Waals surface area (Å²) in [6.45, 7) is 2.85. The van der Waals surface area contributed by atoms with Crippen LogP contribution in [0.25, 0.3) is 10.9 Å². The van der Waals surface area contributed by atoms with Crippen LogP contribution in [-0.2, 0) is 6.54 Å². The van der Waals surface area contributed by atoms with E-state index in [1.165, 1.54) is 18.9 Å². The first-order chi connectivity index (χ1) is 8.63. The van der Waals surface area contributed by atoms with Gasteiger partial charge in [-0.2, -0.15) is 5.10 Å². The SMILES string of the molecule is CCCCCCn1nc2cc(O)[nH]c(=O)c2c1N. The molecule has 0 radical (unpaired) electrons. The van der Waals surface area contributed by atoms with Gasteiger partial charge in [0.05, 0.1) is 0 Å². The van der Waals surface area contributed by atoms with Crippen LogP contribution in [0.4, 0.5) is 5.82 Å². The minimum atomic E-state index is -0.401. The van der Waals surface area contributed by atoms with E-state index in [9.17, 15) is 9.90 Å². The van der Waals surface area contributed by atoms with Crippen molar-refractivity contribution in [3.8, 4) is 5.88 Å². The van der Waals surface area contributed by atoms with Crippen LogP contribution in [0.5, 0.6) is 5.88 Å². The maximum Gasteiger partial charge on any atom is 0.263 e. The number of aromatic amines is 1. The Balaban J connectivity index is 2.27. The highest BCUT2D eigenvalue weighted by atomic mass is 16.3. The smallest absolute Gasteiger partial charge is 0.263 e. The number of H-pyrrole nitrogens is 1. The molecule has 0 aliphatic carbocycles. The molecule has 0 atom stereocenters. The average molecular weight is 250 g/mol. The Morgan fingerprint density at radius 3 is 2.94 bits per heavy atom. The number of aromatic nitrogens is 3. The second-order valence-corrected chi connectivity index (χ2v) is 4.41. The first kappa shape index (κ1) is 12.5. The van der Waals surface area contributed by atoms with E-state index in [1.807, 2.05) is 0 Å². The summed E-state index contributed by atoms with van der Waals surface area (Å²) in [6, 6.07) is 1.41. The first-order valence-electron chi connectivity index (χ1n) is 6.21. The van der Waals surface area contributed by atoms with Crippen molar-refractivity contribution in [3.63, 3.8) is 0 Å². The highest BCUT2D eigenvalue weighted by Gasteiger charge is 2.12. The normalized spacial score (nSPS) is 11.2. The highest BCUT2D eigenvalue weighted by molar-refractivity contribution is 5.88. The van der Waals surface area contributed by atoms with Crippen LogP contribution in [0.15, 0.2) is 10.9 Å². The van der Waals surface area contributed by atoms with Crippen molar-refractivity contribution in [1.29, 1.82) is 0 Å². The molecule has 0 bridgehead atoms. The Hall–Kier alpha value is -1.98. The zero-order valence-corrected chi connectivity index (χ0v) is 10.4. The molecule has 0 unspecified atom stereocenters. The molecule has 6 heteroatoms. The van der Waals surface area contributed by atoms with Gasteiger partial charge in [0, 0.05) is 12.6 Å². The summed E-state index contributed by atoms with van der Waals surface area (Å²) in [5.74, 6) is 0.172. The van der Waals surface area contributed by atoms with Crippen molar-refractivity contribution < 1.29 is 5.11 Å². The van der Waals surface area contributed by atoms with Gasteiger partial charge in [0.2, 0.25) is 0 Å². The molecule has 0 aromatic carbocycles. The molecule has 0 spiro atoms. The molecule has 2 rings (SSSR count). The quantitative estimate of drug-likeness (QED) is 0.702. The topological polar surface area (TPSA) is 96.9 Å². The van der Waals surface area contributed by atoms with Crippen LogP contribution in [-0.4, -0.2) is 19.9 Å². The van der Waals surface area contributed by atoms with Crippen LogP contribution in [0.1, 0.15) is 32.6 Å². The molecule has 2 heterocycles. The maximum atomic E-state index is 11.7. The minimum Gasteiger partial charge on any atom is -0.494 e. The number of nitrogens with zero attached hydrogens (tertiary/aromatic N) is 2. The number of rotatable bonds is 5. The van der Waals surface area contributed by atoms with E-state index < -0.39 is 5.56 Å². The molecular formula is C12H18N4O2. The summed E-state index contributed by atoms with van der Waals surface area (Å²) >= 11 is 0. The van der Waals surface area contributed by atoms with E-state index in [0.29, 0.717) is 23.3 Å². The number of aromatic hydroxyl groups is 1. The number of anilines is 1. The lowest BCUT2D eigenvalue weighted by molar-refractivity contribution is 0.453. The third-order valence-electron chi connectivity index (χ3n) is 2.98. The number of nitrogens with one attached hydrogen (secondary N) is 1. The number of fused-ring (bicyclic) bond motifs is 1. The molecule has 2 aromatic rings. The van der Waals surface area contributed by atoms with E-state index >= 15 is 0 Å². The Morgan fingerprint density at radius 1 is 1.44 bits per heavy atom. The van der Waals surface area contributed by atoms with E-state index in [1.54, 1.807) is 4.68 Å². The van der Waals surface area contributed by atoms with Gasteiger partial charge in [-0.3, -0.25) is 9.78 Å². The molecule has 6 nitrogen and oxygen atoms in total. The molecule has 0 amide bonds. The first-order valence-corrected chi connectivity index (χ1v) is 6.21. The molecule has 98 valence electrons. The molecule has 0 aliphatic heterocycles. The molecule has 0 aliphatic rings. The van der Waals surface area contributed by atoms with Gasteiger partial charge in [-0.1, -0.05) is 26.2 Å². The number of pyridine rings is 1. The van der Waals surface area contributed by atoms with Crippen LogP contribution in [0.2, 0.25) is 0 Å². The van der Waals surface area contributed by atoms with Gasteiger partial charge >= 0.3 is 0 Å². The molecule has 0 fully saturated rings. The lowest BCUT2D eigenvalue weighted by Gasteiger charge is -2.02. The Bertz CT molecular complexity index is 600. The summed E-state index contributed by atoms with van der Waals surface area (Å²) in [5, 5.41) is 13.9. The van der Waals surface area contributed by atoms with Gasteiger partial charge in [-0.15, -0.1) is 0 Å². The maximum absolute atomic E-state index is 11.7. The van der Waals surface area contributed by atoms with Gasteiger partial charge in [-0.25, -0.2) is 4.68 Å². The van der Waals surface area contributed by atoms with Gasteiger partial charge in [0.1, 0.15) is 16.7 Å². The van der Waals surface area contributed by atoms with Crippen molar-refractivity contribution in [2.24, 2.45) is 0 Å². The largest absolute Gasteiger partial charge is 0.494 e. The average Bonchev–Trinajstić information content (AvgIpc) is 2.61. The summed E-state index contributed by atoms with van der Waals surface area (Å²) in [5.41, 5.74) is 5.94. The Kier molecular flexibility index (Phi) is 3.55. The number of hydrogen-bond acceptors (Lipinski definition) is 4. The Labute approximate surface area is 104 Å². The van der Waals surface area contributed by atoms with Gasteiger partial charge < -0.3 is 10.8 Å². The summed E-state index contributed by atoms with van der Waals surface area (Å²) in [6.07, 6.45) is 4.45. The Morgan fingerprint density at radius 2 is 2.22 bits per heavy atom.